The summed E-state index contributed by atoms with van der Waals surface area (Å²) >= 11 is 5.84. The molecule has 0 atom stereocenters. The highest BCUT2D eigenvalue weighted by Crippen LogP contribution is 2.20. The van der Waals surface area contributed by atoms with E-state index in [1.807, 2.05) is 30.3 Å². The van der Waals surface area contributed by atoms with Crippen LogP contribution in [0.25, 0.3) is 11.3 Å². The van der Waals surface area contributed by atoms with Gasteiger partial charge in [0.2, 0.25) is 0 Å². The first-order valence-corrected chi connectivity index (χ1v) is 6.05. The third-order valence-corrected chi connectivity index (χ3v) is 2.50. The molecule has 0 aliphatic rings. The van der Waals surface area contributed by atoms with E-state index in [1.165, 1.54) is 0 Å². The third kappa shape index (κ3) is 4.47. The first-order valence-electron chi connectivity index (χ1n) is 5.67. The van der Waals surface area contributed by atoms with Crippen molar-refractivity contribution in [2.24, 2.45) is 0 Å². The maximum Gasteiger partial charge on any atom is 0.411 e. The van der Waals surface area contributed by atoms with Gasteiger partial charge >= 0.3 is 6.18 Å². The van der Waals surface area contributed by atoms with Gasteiger partial charge in [-0.1, -0.05) is 41.9 Å². The lowest BCUT2D eigenvalue weighted by Gasteiger charge is -2.08. The Balaban J connectivity index is 2.13. The molecular formula is C13H10ClF3N2O. The zero-order chi connectivity index (χ0) is 14.6. The molecule has 2 rings (SSSR count). The van der Waals surface area contributed by atoms with Gasteiger partial charge in [-0.25, -0.2) is 9.97 Å². The maximum absolute atomic E-state index is 12.0. The Bertz CT molecular complexity index is 576. The zero-order valence-electron chi connectivity index (χ0n) is 10.2. The fraction of sp³-hybridized carbons (Fsp3) is 0.231. The van der Waals surface area contributed by atoms with Gasteiger partial charge in [0.05, 0.1) is 5.69 Å². The molecule has 1 aromatic heterocycles. The van der Waals surface area contributed by atoms with Crippen molar-refractivity contribution in [1.82, 2.24) is 9.97 Å². The number of benzene rings is 1. The summed E-state index contributed by atoms with van der Waals surface area (Å²) in [6, 6.07) is 10.7. The summed E-state index contributed by atoms with van der Waals surface area (Å²) in [5.74, 6) is 0.112. The molecule has 0 spiro atoms. The van der Waals surface area contributed by atoms with Gasteiger partial charge < -0.3 is 4.74 Å². The molecule has 0 unspecified atom stereocenters. The van der Waals surface area contributed by atoms with E-state index in [0.29, 0.717) is 5.69 Å². The van der Waals surface area contributed by atoms with Crippen LogP contribution in [0.15, 0.2) is 36.4 Å². The van der Waals surface area contributed by atoms with Crippen molar-refractivity contribution in [2.75, 3.05) is 6.61 Å². The van der Waals surface area contributed by atoms with Crippen LogP contribution >= 0.6 is 11.6 Å². The number of alkyl halides is 3. The molecule has 20 heavy (non-hydrogen) atoms. The van der Waals surface area contributed by atoms with Crippen molar-refractivity contribution < 1.29 is 17.9 Å². The number of rotatable bonds is 4. The van der Waals surface area contributed by atoms with Gasteiger partial charge in [-0.3, -0.25) is 0 Å². The van der Waals surface area contributed by atoms with E-state index in [1.54, 1.807) is 6.07 Å². The van der Waals surface area contributed by atoms with Gasteiger partial charge in [0, 0.05) is 11.6 Å². The fourth-order valence-electron chi connectivity index (χ4n) is 1.54. The van der Waals surface area contributed by atoms with Gasteiger partial charge in [0.1, 0.15) is 18.4 Å². The quantitative estimate of drug-likeness (QED) is 0.804. The number of aromatic nitrogens is 2. The summed E-state index contributed by atoms with van der Waals surface area (Å²) in [5.41, 5.74) is 1.34. The van der Waals surface area contributed by atoms with Gasteiger partial charge in [-0.2, -0.15) is 13.2 Å². The van der Waals surface area contributed by atoms with E-state index >= 15 is 0 Å². The minimum absolute atomic E-state index is 0.112. The lowest BCUT2D eigenvalue weighted by molar-refractivity contribution is -0.177. The Morgan fingerprint density at radius 2 is 1.80 bits per heavy atom. The second-order valence-electron chi connectivity index (χ2n) is 3.97. The molecule has 1 aromatic carbocycles. The Morgan fingerprint density at radius 3 is 2.45 bits per heavy atom. The van der Waals surface area contributed by atoms with Crippen LogP contribution in [0, 0.1) is 0 Å². The Hall–Kier alpha value is -1.66. The van der Waals surface area contributed by atoms with Crippen molar-refractivity contribution >= 4 is 11.6 Å². The molecule has 106 valence electrons. The summed E-state index contributed by atoms with van der Waals surface area (Å²) in [6.45, 7) is -1.69. The van der Waals surface area contributed by atoms with E-state index in [-0.39, 0.29) is 17.6 Å². The second kappa shape index (κ2) is 6.19. The average Bonchev–Trinajstić information content (AvgIpc) is 2.37. The van der Waals surface area contributed by atoms with Crippen LogP contribution in [0.2, 0.25) is 5.15 Å². The Morgan fingerprint density at radius 1 is 1.10 bits per heavy atom. The standard InChI is InChI=1S/C13H10ClF3N2O/c14-11-6-10(9-4-2-1-3-5-9)18-12(19-11)7-20-8-13(15,16)17/h1-6H,7-8H2. The fourth-order valence-corrected chi connectivity index (χ4v) is 1.74. The normalized spacial score (nSPS) is 11.6. The molecule has 1 heterocycles. The summed E-state index contributed by atoms with van der Waals surface area (Å²) in [7, 11) is 0. The van der Waals surface area contributed by atoms with Crippen LogP contribution in [-0.2, 0) is 11.3 Å². The molecule has 0 N–H and O–H groups in total. The molecule has 0 radical (unpaired) electrons. The van der Waals surface area contributed by atoms with E-state index in [2.05, 4.69) is 14.7 Å². The highest BCUT2D eigenvalue weighted by atomic mass is 35.5. The molecule has 0 bridgehead atoms. The SMILES string of the molecule is FC(F)(F)COCc1nc(Cl)cc(-c2ccccc2)n1. The van der Waals surface area contributed by atoms with Crippen molar-refractivity contribution in [1.29, 1.82) is 0 Å². The third-order valence-electron chi connectivity index (χ3n) is 2.31. The monoisotopic (exact) mass is 302 g/mol. The minimum Gasteiger partial charge on any atom is -0.364 e. The van der Waals surface area contributed by atoms with E-state index in [9.17, 15) is 13.2 Å². The van der Waals surface area contributed by atoms with Crippen molar-refractivity contribution in [3.8, 4) is 11.3 Å². The molecule has 0 aliphatic carbocycles. The van der Waals surface area contributed by atoms with Crippen LogP contribution in [0.1, 0.15) is 5.82 Å². The molecule has 0 aliphatic heterocycles. The Labute approximate surface area is 118 Å². The number of ether oxygens (including phenoxy) is 1. The van der Waals surface area contributed by atoms with Crippen LogP contribution in [-0.4, -0.2) is 22.8 Å². The number of hydrogen-bond donors (Lipinski definition) is 0. The molecule has 2 aromatic rings. The molecule has 7 heteroatoms. The van der Waals surface area contributed by atoms with Crippen molar-refractivity contribution in [3.05, 3.63) is 47.4 Å². The van der Waals surface area contributed by atoms with Crippen LogP contribution < -0.4 is 0 Å². The highest BCUT2D eigenvalue weighted by Gasteiger charge is 2.27. The molecule has 3 nitrogen and oxygen atoms in total. The molecule has 0 saturated heterocycles. The molecular weight excluding hydrogens is 293 g/mol. The first kappa shape index (κ1) is 14.7. The largest absolute Gasteiger partial charge is 0.411 e. The van der Waals surface area contributed by atoms with Crippen molar-refractivity contribution in [2.45, 2.75) is 12.8 Å². The van der Waals surface area contributed by atoms with Gasteiger partial charge in [0.15, 0.2) is 5.82 Å². The summed E-state index contributed by atoms with van der Waals surface area (Å²) in [4.78, 5) is 7.98. The van der Waals surface area contributed by atoms with Crippen LogP contribution in [0.5, 0.6) is 0 Å². The molecule has 0 amide bonds. The number of halogens is 4. The zero-order valence-corrected chi connectivity index (χ0v) is 10.9. The van der Waals surface area contributed by atoms with Gasteiger partial charge in [0.25, 0.3) is 0 Å². The average molecular weight is 303 g/mol. The van der Waals surface area contributed by atoms with Crippen LogP contribution in [0.3, 0.4) is 0 Å². The highest BCUT2D eigenvalue weighted by molar-refractivity contribution is 6.29. The predicted molar refractivity (Wildman–Crippen MR) is 68.2 cm³/mol. The lowest BCUT2D eigenvalue weighted by atomic mass is 10.1. The lowest BCUT2D eigenvalue weighted by Crippen LogP contribution is -2.17. The maximum atomic E-state index is 12.0. The summed E-state index contributed by atoms with van der Waals surface area (Å²) in [6.07, 6.45) is -4.37. The van der Waals surface area contributed by atoms with Crippen molar-refractivity contribution in [3.63, 3.8) is 0 Å². The smallest absolute Gasteiger partial charge is 0.364 e. The topological polar surface area (TPSA) is 35.0 Å². The van der Waals surface area contributed by atoms with E-state index < -0.39 is 12.8 Å². The molecule has 0 fully saturated rings. The van der Waals surface area contributed by atoms with E-state index in [4.69, 9.17) is 11.6 Å². The predicted octanol–water partition coefficient (Wildman–Crippen LogP) is 3.88. The summed E-state index contributed by atoms with van der Waals surface area (Å²) < 4.78 is 40.5. The second-order valence-corrected chi connectivity index (χ2v) is 4.35. The minimum atomic E-state index is -4.37. The Kier molecular flexibility index (Phi) is 4.57. The number of nitrogens with zero attached hydrogens (tertiary/aromatic N) is 2. The summed E-state index contributed by atoms with van der Waals surface area (Å²) in [5, 5.41) is 0.157. The van der Waals surface area contributed by atoms with Gasteiger partial charge in [-0.15, -0.1) is 0 Å². The number of hydrogen-bond acceptors (Lipinski definition) is 3. The van der Waals surface area contributed by atoms with Gasteiger partial charge in [-0.05, 0) is 0 Å². The first-order chi connectivity index (χ1) is 9.44. The van der Waals surface area contributed by atoms with Crippen LogP contribution in [0.4, 0.5) is 13.2 Å². The molecule has 0 saturated carbocycles. The van der Waals surface area contributed by atoms with E-state index in [0.717, 1.165) is 5.56 Å².